The highest BCUT2D eigenvalue weighted by Gasteiger charge is 2.39. The lowest BCUT2D eigenvalue weighted by atomic mass is 9.96. The van der Waals surface area contributed by atoms with Gasteiger partial charge in [-0.3, -0.25) is 4.79 Å². The van der Waals surface area contributed by atoms with Crippen molar-refractivity contribution in [3.8, 4) is 0 Å². The van der Waals surface area contributed by atoms with Crippen molar-refractivity contribution >= 4 is 5.91 Å². The van der Waals surface area contributed by atoms with E-state index in [-0.39, 0.29) is 24.6 Å². The summed E-state index contributed by atoms with van der Waals surface area (Å²) in [6.07, 6.45) is 1.42. The zero-order valence-electron chi connectivity index (χ0n) is 10.0. The van der Waals surface area contributed by atoms with Crippen molar-refractivity contribution in [3.05, 3.63) is 0 Å². The van der Waals surface area contributed by atoms with Crippen molar-refractivity contribution in [1.29, 1.82) is 0 Å². The third-order valence-corrected chi connectivity index (χ3v) is 3.22. The highest BCUT2D eigenvalue weighted by atomic mass is 16.5. The van der Waals surface area contributed by atoms with E-state index in [1.165, 1.54) is 0 Å². The number of rotatable bonds is 5. The fourth-order valence-corrected chi connectivity index (χ4v) is 1.71. The van der Waals surface area contributed by atoms with Gasteiger partial charge in [0.05, 0.1) is 6.10 Å². The number of carbonyl (C=O) groups is 1. The SMILES string of the molecule is CCC(N)CC(=O)NCC1(O)CCOC1C. The van der Waals surface area contributed by atoms with E-state index in [1.54, 1.807) is 0 Å². The lowest BCUT2D eigenvalue weighted by Gasteiger charge is -2.26. The van der Waals surface area contributed by atoms with Crippen LogP contribution in [0.25, 0.3) is 0 Å². The van der Waals surface area contributed by atoms with Crippen LogP contribution in [0.15, 0.2) is 0 Å². The van der Waals surface area contributed by atoms with Crippen molar-refractivity contribution in [1.82, 2.24) is 5.32 Å². The minimum absolute atomic E-state index is 0.105. The van der Waals surface area contributed by atoms with Gasteiger partial charge in [0.2, 0.25) is 5.91 Å². The summed E-state index contributed by atoms with van der Waals surface area (Å²) in [6.45, 7) is 4.54. The van der Waals surface area contributed by atoms with E-state index in [0.29, 0.717) is 19.4 Å². The number of aliphatic hydroxyl groups is 1. The van der Waals surface area contributed by atoms with E-state index in [4.69, 9.17) is 10.5 Å². The van der Waals surface area contributed by atoms with Gasteiger partial charge in [0.15, 0.2) is 0 Å². The summed E-state index contributed by atoms with van der Waals surface area (Å²) >= 11 is 0. The molecule has 1 rings (SSSR count). The van der Waals surface area contributed by atoms with Crippen LogP contribution in [0.1, 0.15) is 33.1 Å². The Balaban J connectivity index is 2.31. The smallest absolute Gasteiger partial charge is 0.221 e. The third-order valence-electron chi connectivity index (χ3n) is 3.22. The molecule has 1 heterocycles. The number of hydrogen-bond acceptors (Lipinski definition) is 4. The van der Waals surface area contributed by atoms with Crippen LogP contribution in [-0.2, 0) is 9.53 Å². The van der Waals surface area contributed by atoms with Gasteiger partial charge in [0.1, 0.15) is 5.60 Å². The number of nitrogens with one attached hydrogen (secondary N) is 1. The van der Waals surface area contributed by atoms with E-state index >= 15 is 0 Å². The van der Waals surface area contributed by atoms with Crippen molar-refractivity contribution in [2.24, 2.45) is 5.73 Å². The predicted molar refractivity (Wildman–Crippen MR) is 60.9 cm³/mol. The standard InChI is InChI=1S/C11H22N2O3/c1-3-9(12)6-10(14)13-7-11(15)4-5-16-8(11)2/h8-9,15H,3-7,12H2,1-2H3,(H,13,14). The number of nitrogens with two attached hydrogens (primary N) is 1. The van der Waals surface area contributed by atoms with Gasteiger partial charge in [-0.05, 0) is 13.3 Å². The quantitative estimate of drug-likeness (QED) is 0.609. The molecule has 1 saturated heterocycles. The van der Waals surface area contributed by atoms with Gasteiger partial charge < -0.3 is 20.9 Å². The summed E-state index contributed by atoms with van der Waals surface area (Å²) in [6, 6.07) is -0.105. The summed E-state index contributed by atoms with van der Waals surface area (Å²) in [5.41, 5.74) is 4.75. The molecule has 0 saturated carbocycles. The monoisotopic (exact) mass is 230 g/mol. The number of amides is 1. The van der Waals surface area contributed by atoms with E-state index in [9.17, 15) is 9.90 Å². The van der Waals surface area contributed by atoms with Crippen LogP contribution in [0, 0.1) is 0 Å². The van der Waals surface area contributed by atoms with Crippen LogP contribution in [0.5, 0.6) is 0 Å². The zero-order valence-corrected chi connectivity index (χ0v) is 10.0. The topological polar surface area (TPSA) is 84.6 Å². The lowest BCUT2D eigenvalue weighted by Crippen LogP contribution is -2.48. The molecule has 5 nitrogen and oxygen atoms in total. The van der Waals surface area contributed by atoms with Gasteiger partial charge in [0.25, 0.3) is 0 Å². The Morgan fingerprint density at radius 3 is 2.94 bits per heavy atom. The Labute approximate surface area is 96.3 Å². The molecule has 0 bridgehead atoms. The first-order chi connectivity index (χ1) is 7.48. The summed E-state index contributed by atoms with van der Waals surface area (Å²) in [5, 5.41) is 12.8. The van der Waals surface area contributed by atoms with Crippen LogP contribution in [0.3, 0.4) is 0 Å². The molecule has 1 fully saturated rings. The van der Waals surface area contributed by atoms with Gasteiger partial charge in [0, 0.05) is 32.0 Å². The third kappa shape index (κ3) is 3.43. The lowest BCUT2D eigenvalue weighted by molar-refractivity contribution is -0.123. The highest BCUT2D eigenvalue weighted by molar-refractivity contribution is 5.76. The normalized spacial score (nSPS) is 31.4. The first-order valence-corrected chi connectivity index (χ1v) is 5.84. The average Bonchev–Trinajstić information content (AvgIpc) is 2.57. The molecule has 1 aliphatic rings. The molecule has 0 radical (unpaired) electrons. The van der Waals surface area contributed by atoms with Crippen molar-refractivity contribution < 1.29 is 14.6 Å². The van der Waals surface area contributed by atoms with Gasteiger partial charge in [-0.15, -0.1) is 0 Å². The van der Waals surface area contributed by atoms with Crippen molar-refractivity contribution in [2.45, 2.75) is 50.9 Å². The molecule has 0 spiro atoms. The average molecular weight is 230 g/mol. The van der Waals surface area contributed by atoms with E-state index in [0.717, 1.165) is 6.42 Å². The van der Waals surface area contributed by atoms with Crippen molar-refractivity contribution in [2.75, 3.05) is 13.2 Å². The molecule has 5 heteroatoms. The fraction of sp³-hybridized carbons (Fsp3) is 0.909. The molecule has 94 valence electrons. The van der Waals surface area contributed by atoms with Gasteiger partial charge in [-0.1, -0.05) is 6.92 Å². The van der Waals surface area contributed by atoms with E-state index in [1.807, 2.05) is 13.8 Å². The molecule has 0 aromatic rings. The first-order valence-electron chi connectivity index (χ1n) is 5.84. The van der Waals surface area contributed by atoms with Gasteiger partial charge >= 0.3 is 0 Å². The maximum Gasteiger partial charge on any atom is 0.221 e. The molecule has 4 N–H and O–H groups in total. The summed E-state index contributed by atoms with van der Waals surface area (Å²) < 4.78 is 5.28. The zero-order chi connectivity index (χ0) is 12.2. The Kier molecular flexibility index (Phi) is 4.70. The van der Waals surface area contributed by atoms with Gasteiger partial charge in [-0.25, -0.2) is 0 Å². The minimum atomic E-state index is -0.925. The molecule has 16 heavy (non-hydrogen) atoms. The second-order valence-corrected chi connectivity index (χ2v) is 4.52. The molecule has 0 aromatic heterocycles. The summed E-state index contributed by atoms with van der Waals surface area (Å²) in [7, 11) is 0. The largest absolute Gasteiger partial charge is 0.385 e. The fourth-order valence-electron chi connectivity index (χ4n) is 1.71. The van der Waals surface area contributed by atoms with Crippen LogP contribution in [-0.4, -0.2) is 41.9 Å². The number of hydrogen-bond donors (Lipinski definition) is 3. The minimum Gasteiger partial charge on any atom is -0.385 e. The molecular formula is C11H22N2O3. The Morgan fingerprint density at radius 1 is 1.75 bits per heavy atom. The predicted octanol–water partition coefficient (Wildman–Crippen LogP) is -0.230. The summed E-state index contributed by atoms with van der Waals surface area (Å²) in [5.74, 6) is -0.109. The van der Waals surface area contributed by atoms with Crippen molar-refractivity contribution in [3.63, 3.8) is 0 Å². The second kappa shape index (κ2) is 5.61. The van der Waals surface area contributed by atoms with Gasteiger partial charge in [-0.2, -0.15) is 0 Å². The molecular weight excluding hydrogens is 208 g/mol. The first kappa shape index (κ1) is 13.4. The van der Waals surface area contributed by atoms with Crippen LogP contribution in [0.2, 0.25) is 0 Å². The van der Waals surface area contributed by atoms with E-state index < -0.39 is 5.60 Å². The molecule has 1 aliphatic heterocycles. The Hall–Kier alpha value is -0.650. The van der Waals surface area contributed by atoms with Crippen LogP contribution >= 0.6 is 0 Å². The molecule has 3 unspecified atom stereocenters. The second-order valence-electron chi connectivity index (χ2n) is 4.52. The summed E-state index contributed by atoms with van der Waals surface area (Å²) in [4.78, 5) is 11.5. The molecule has 3 atom stereocenters. The van der Waals surface area contributed by atoms with Crippen LogP contribution < -0.4 is 11.1 Å². The van der Waals surface area contributed by atoms with E-state index in [2.05, 4.69) is 5.32 Å². The Bertz CT molecular complexity index is 247. The molecule has 1 amide bonds. The molecule has 0 aliphatic carbocycles. The Morgan fingerprint density at radius 2 is 2.44 bits per heavy atom. The maximum atomic E-state index is 11.5. The maximum absolute atomic E-state index is 11.5. The highest BCUT2D eigenvalue weighted by Crippen LogP contribution is 2.24. The molecule has 0 aromatic carbocycles. The number of ether oxygens (including phenoxy) is 1. The van der Waals surface area contributed by atoms with Crippen LogP contribution in [0.4, 0.5) is 0 Å². The number of carbonyl (C=O) groups excluding carboxylic acids is 1.